The zero-order valence-electron chi connectivity index (χ0n) is 23.6. The van der Waals surface area contributed by atoms with Crippen LogP contribution in [0.5, 0.6) is 0 Å². The van der Waals surface area contributed by atoms with Gasteiger partial charge in [0.1, 0.15) is 18.1 Å². The van der Waals surface area contributed by atoms with Crippen LogP contribution in [0.2, 0.25) is 0 Å². The first kappa shape index (κ1) is 27.3. The summed E-state index contributed by atoms with van der Waals surface area (Å²) in [6.07, 6.45) is 2.76. The lowest BCUT2D eigenvalue weighted by Gasteiger charge is -2.31. The zero-order chi connectivity index (χ0) is 30.2. The Kier molecular flexibility index (Phi) is 6.22. The van der Waals surface area contributed by atoms with Crippen molar-refractivity contribution in [1.82, 2.24) is 29.9 Å². The van der Waals surface area contributed by atoms with Crippen LogP contribution in [-0.4, -0.2) is 46.6 Å². The topological polar surface area (TPSA) is 161 Å². The summed E-state index contributed by atoms with van der Waals surface area (Å²) < 4.78 is 23.3. The van der Waals surface area contributed by atoms with Crippen LogP contribution in [0.4, 0.5) is 4.39 Å². The Hall–Kier alpha value is -4.49. The minimum absolute atomic E-state index is 0.0167. The largest absolute Gasteiger partial charge is 0.458 e. The normalized spacial score (nSPS) is 20.0. The van der Waals surface area contributed by atoms with Crippen LogP contribution < -0.4 is 10.9 Å². The Morgan fingerprint density at radius 3 is 2.81 bits per heavy atom. The number of rotatable bonds is 6. The molecule has 5 heterocycles. The van der Waals surface area contributed by atoms with Gasteiger partial charge in [0.25, 0.3) is 5.56 Å². The van der Waals surface area contributed by atoms with Gasteiger partial charge in [-0.15, -0.1) is 5.10 Å². The molecule has 3 aromatic heterocycles. The summed E-state index contributed by atoms with van der Waals surface area (Å²) in [4.78, 5) is 44.3. The smallest absolute Gasteiger partial charge is 0.343 e. The predicted octanol–water partition coefficient (Wildman–Crippen LogP) is 1.80. The Balaban J connectivity index is 1.34. The molecule has 1 aromatic carbocycles. The number of pyridine rings is 2. The molecule has 0 fully saturated rings. The Bertz CT molecular complexity index is 1930. The molecule has 0 unspecified atom stereocenters. The highest BCUT2D eigenvalue weighted by atomic mass is 19.1. The van der Waals surface area contributed by atoms with Gasteiger partial charge in [0.05, 0.1) is 54.4 Å². The lowest BCUT2D eigenvalue weighted by Crippen LogP contribution is -2.44. The van der Waals surface area contributed by atoms with Crippen molar-refractivity contribution in [3.8, 4) is 11.4 Å². The summed E-state index contributed by atoms with van der Waals surface area (Å²) in [5.74, 6) is -1.42. The van der Waals surface area contributed by atoms with Crippen molar-refractivity contribution in [2.45, 2.75) is 77.5 Å². The van der Waals surface area contributed by atoms with Gasteiger partial charge in [-0.3, -0.25) is 14.3 Å². The average molecular weight is 589 g/mol. The molecule has 0 radical (unpaired) electrons. The van der Waals surface area contributed by atoms with Crippen molar-refractivity contribution in [3.05, 3.63) is 73.6 Å². The van der Waals surface area contributed by atoms with E-state index in [9.17, 15) is 24.6 Å². The second kappa shape index (κ2) is 9.78. The van der Waals surface area contributed by atoms with E-state index in [4.69, 9.17) is 9.72 Å². The van der Waals surface area contributed by atoms with E-state index in [0.29, 0.717) is 41.0 Å². The zero-order valence-corrected chi connectivity index (χ0v) is 23.6. The van der Waals surface area contributed by atoms with E-state index in [1.54, 1.807) is 30.7 Å². The molecule has 0 bridgehead atoms. The first-order valence-corrected chi connectivity index (χ1v) is 14.3. The molecule has 2 atom stereocenters. The number of carbonyl (C=O) groups is 2. The maximum atomic E-state index is 15.1. The van der Waals surface area contributed by atoms with Gasteiger partial charge in [-0.25, -0.2) is 14.2 Å². The molecule has 0 saturated carbocycles. The second-order valence-corrected chi connectivity index (χ2v) is 11.4. The number of nitrogens with one attached hydrogen (secondary N) is 1. The summed E-state index contributed by atoms with van der Waals surface area (Å²) in [5.41, 5.74) is 2.62. The SMILES string of the molecule is CC[C@@]1(O)C(=O)OCc2c1cc1n(c2=O)Cc2c-1nc1cc(F)c(C)c3c1c2[C@@H](NC(=O)CCn1cc(CO)nn1)CC3. The number of aryl methyl sites for hydroxylation is 2. The van der Waals surface area contributed by atoms with Crippen LogP contribution >= 0.6 is 0 Å². The number of ether oxygens (including phenoxy) is 1. The summed E-state index contributed by atoms with van der Waals surface area (Å²) in [5, 5.41) is 32.1. The first-order valence-electron chi connectivity index (χ1n) is 14.3. The molecule has 2 aliphatic heterocycles. The van der Waals surface area contributed by atoms with E-state index >= 15 is 4.39 Å². The van der Waals surface area contributed by atoms with Gasteiger partial charge in [-0.05, 0) is 48.9 Å². The highest BCUT2D eigenvalue weighted by Crippen LogP contribution is 2.45. The number of amides is 1. The third kappa shape index (κ3) is 4.02. The van der Waals surface area contributed by atoms with Crippen molar-refractivity contribution >= 4 is 22.8 Å². The highest BCUT2D eigenvalue weighted by molar-refractivity contribution is 5.94. The molecule has 12 nitrogen and oxygen atoms in total. The van der Waals surface area contributed by atoms with Crippen LogP contribution in [0.3, 0.4) is 0 Å². The average Bonchev–Trinajstić information content (AvgIpc) is 3.62. The maximum Gasteiger partial charge on any atom is 0.343 e. The Morgan fingerprint density at radius 1 is 1.26 bits per heavy atom. The van der Waals surface area contributed by atoms with E-state index in [0.717, 1.165) is 22.1 Å². The Morgan fingerprint density at radius 2 is 2.07 bits per heavy atom. The number of nitrogens with zero attached hydrogens (tertiary/aromatic N) is 5. The van der Waals surface area contributed by atoms with Crippen LogP contribution in [0, 0.1) is 12.7 Å². The standard InChI is InChI=1S/C30H29FN6O6/c1-3-30(42)19-8-23-27-17(11-37(23)28(40)18(19)13-43-29(30)41)26-21(32-24(39)6-7-36-10-15(12-38)34-35-36)5-4-16-14(2)20(31)9-22(33-27)25(16)26/h8-10,21,38,42H,3-7,11-13H2,1-2H3,(H,32,39)/t21-,30-/m0/s1. The number of benzene rings is 1. The van der Waals surface area contributed by atoms with Gasteiger partial charge < -0.3 is 24.8 Å². The number of fused-ring (bicyclic) bond motifs is 5. The first-order chi connectivity index (χ1) is 20.6. The van der Waals surface area contributed by atoms with E-state index in [1.165, 1.54) is 10.7 Å². The molecule has 222 valence electrons. The number of carbonyl (C=O) groups excluding carboxylic acids is 2. The summed E-state index contributed by atoms with van der Waals surface area (Å²) >= 11 is 0. The number of aliphatic hydroxyl groups is 2. The van der Waals surface area contributed by atoms with Gasteiger partial charge in [-0.2, -0.15) is 0 Å². The van der Waals surface area contributed by atoms with Gasteiger partial charge >= 0.3 is 5.97 Å². The van der Waals surface area contributed by atoms with Crippen molar-refractivity contribution in [2.24, 2.45) is 0 Å². The predicted molar refractivity (Wildman–Crippen MR) is 149 cm³/mol. The second-order valence-electron chi connectivity index (χ2n) is 11.4. The number of aromatic nitrogens is 5. The number of halogens is 1. The quantitative estimate of drug-likeness (QED) is 0.251. The number of hydrogen-bond donors (Lipinski definition) is 3. The fraction of sp³-hybridized carbons (Fsp3) is 0.400. The van der Waals surface area contributed by atoms with Gasteiger partial charge in [0, 0.05) is 29.0 Å². The fourth-order valence-corrected chi connectivity index (χ4v) is 6.70. The number of hydrogen-bond acceptors (Lipinski definition) is 9. The summed E-state index contributed by atoms with van der Waals surface area (Å²) in [6.45, 7) is 3.32. The molecule has 1 aliphatic carbocycles. The third-order valence-electron chi connectivity index (χ3n) is 9.03. The minimum Gasteiger partial charge on any atom is -0.458 e. The van der Waals surface area contributed by atoms with Crippen LogP contribution in [0.1, 0.15) is 71.3 Å². The lowest BCUT2D eigenvalue weighted by molar-refractivity contribution is -0.172. The van der Waals surface area contributed by atoms with Gasteiger partial charge in [0.15, 0.2) is 5.60 Å². The van der Waals surface area contributed by atoms with Gasteiger partial charge in [-0.1, -0.05) is 12.1 Å². The van der Waals surface area contributed by atoms with Crippen molar-refractivity contribution < 1.29 is 28.9 Å². The molecular formula is C30H29FN6O6. The number of aliphatic hydroxyl groups excluding tert-OH is 1. The Labute approximate surface area is 244 Å². The molecule has 7 rings (SSSR count). The van der Waals surface area contributed by atoms with E-state index in [-0.39, 0.29) is 62.0 Å². The highest BCUT2D eigenvalue weighted by Gasteiger charge is 2.46. The molecule has 0 spiro atoms. The fourth-order valence-electron chi connectivity index (χ4n) is 6.70. The number of cyclic esters (lactones) is 1. The van der Waals surface area contributed by atoms with Crippen LogP contribution in [0.25, 0.3) is 22.3 Å². The summed E-state index contributed by atoms with van der Waals surface area (Å²) in [6, 6.07) is 2.58. The molecule has 4 aromatic rings. The molecular weight excluding hydrogens is 559 g/mol. The van der Waals surface area contributed by atoms with E-state index in [1.807, 2.05) is 0 Å². The van der Waals surface area contributed by atoms with Crippen molar-refractivity contribution in [1.29, 1.82) is 0 Å². The van der Waals surface area contributed by atoms with Crippen LogP contribution in [0.15, 0.2) is 23.1 Å². The van der Waals surface area contributed by atoms with E-state index in [2.05, 4.69) is 15.6 Å². The van der Waals surface area contributed by atoms with E-state index < -0.39 is 23.2 Å². The molecule has 3 N–H and O–H groups in total. The molecule has 1 amide bonds. The molecule has 43 heavy (non-hydrogen) atoms. The number of esters is 1. The van der Waals surface area contributed by atoms with Gasteiger partial charge in [0.2, 0.25) is 5.91 Å². The third-order valence-corrected chi connectivity index (χ3v) is 9.03. The lowest BCUT2D eigenvalue weighted by atomic mass is 9.81. The summed E-state index contributed by atoms with van der Waals surface area (Å²) in [7, 11) is 0. The monoisotopic (exact) mass is 588 g/mol. The van der Waals surface area contributed by atoms with Crippen LogP contribution in [-0.2, 0) is 52.7 Å². The van der Waals surface area contributed by atoms with Crippen molar-refractivity contribution in [3.63, 3.8) is 0 Å². The maximum absolute atomic E-state index is 15.1. The molecule has 0 saturated heterocycles. The van der Waals surface area contributed by atoms with Crippen molar-refractivity contribution in [2.75, 3.05) is 0 Å². The molecule has 13 heteroatoms. The molecule has 3 aliphatic rings. The minimum atomic E-state index is -1.97.